The number of rotatable bonds is 2. The molecule has 10 nitrogen and oxygen atoms in total. The van der Waals surface area contributed by atoms with Gasteiger partial charge in [-0.05, 0) is 46.6 Å². The number of hydrogen-bond acceptors (Lipinski definition) is 6. The van der Waals surface area contributed by atoms with E-state index in [1.54, 1.807) is 42.5 Å². The summed E-state index contributed by atoms with van der Waals surface area (Å²) in [5.41, 5.74) is -2.74. The minimum Gasteiger partial charge on any atom is -0.257 e. The minimum absolute atomic E-state index is 0.178. The van der Waals surface area contributed by atoms with Crippen LogP contribution in [0.5, 0.6) is 0 Å². The molecule has 0 spiro atoms. The highest BCUT2D eigenvalue weighted by atomic mass is 14.8. The molecular formula is C34H10N10. The number of nitriles is 4. The molecule has 0 aliphatic heterocycles. The van der Waals surface area contributed by atoms with Crippen molar-refractivity contribution in [2.75, 3.05) is 0 Å². The first-order chi connectivity index (χ1) is 23.1. The van der Waals surface area contributed by atoms with E-state index >= 15 is 0 Å². The van der Waals surface area contributed by atoms with Crippen LogP contribution in [0.2, 0.25) is 0 Å². The molecular weight excluding hydrogens is 548 g/mol. The van der Waals surface area contributed by atoms with Crippen molar-refractivity contribution in [2.24, 2.45) is 0 Å². The monoisotopic (exact) mass is 562 g/mol. The largest absolute Gasteiger partial charge is 0.257 e. The van der Waals surface area contributed by atoms with Crippen molar-refractivity contribution in [2.45, 2.75) is 0 Å². The molecule has 0 saturated heterocycles. The maximum absolute atomic E-state index is 10.1. The van der Waals surface area contributed by atoms with E-state index in [1.807, 2.05) is 6.07 Å². The van der Waals surface area contributed by atoms with Gasteiger partial charge in [-0.1, -0.05) is 18.2 Å². The summed E-state index contributed by atoms with van der Waals surface area (Å²) in [6, 6.07) is 11.4. The highest BCUT2D eigenvalue weighted by Crippen LogP contribution is 2.35. The van der Waals surface area contributed by atoms with Crippen LogP contribution in [-0.2, 0) is 0 Å². The van der Waals surface area contributed by atoms with E-state index in [0.29, 0.717) is 21.8 Å². The first-order valence-electron chi connectivity index (χ1n) is 14.0. The van der Waals surface area contributed by atoms with Crippen LogP contribution in [0, 0.1) is 71.6 Å². The third kappa shape index (κ3) is 4.61. The summed E-state index contributed by atoms with van der Waals surface area (Å²) in [5.74, 6) is 0. The van der Waals surface area contributed by atoms with E-state index in [-0.39, 0.29) is 32.8 Å². The molecule has 0 unspecified atom stereocenters. The maximum atomic E-state index is 10.1. The predicted octanol–water partition coefficient (Wildman–Crippen LogP) is 5.85. The Morgan fingerprint density at radius 1 is 0.682 bits per heavy atom. The van der Waals surface area contributed by atoms with Gasteiger partial charge in [-0.3, -0.25) is 14.8 Å². The summed E-state index contributed by atoms with van der Waals surface area (Å²) in [5, 5.41) is 40.1. The Balaban J connectivity index is 1.79. The van der Waals surface area contributed by atoms with Gasteiger partial charge in [-0.25, -0.2) is 14.5 Å². The number of pyridine rings is 2. The first-order valence-corrected chi connectivity index (χ1v) is 12.0. The van der Waals surface area contributed by atoms with E-state index in [1.165, 1.54) is 12.4 Å². The molecule has 44 heavy (non-hydrogen) atoms. The van der Waals surface area contributed by atoms with Gasteiger partial charge in [0.05, 0.1) is 75.0 Å². The molecule has 0 bridgehead atoms. The number of hydrogen-bond donors (Lipinski definition) is 0. The molecule has 0 aliphatic rings. The van der Waals surface area contributed by atoms with Crippen molar-refractivity contribution in [3.8, 4) is 24.3 Å². The van der Waals surface area contributed by atoms with Crippen LogP contribution in [0.25, 0.3) is 52.5 Å². The van der Waals surface area contributed by atoms with E-state index in [9.17, 15) is 21.0 Å². The van der Waals surface area contributed by atoms with Crippen molar-refractivity contribution in [1.82, 2.24) is 9.97 Å². The van der Waals surface area contributed by atoms with Gasteiger partial charge >= 0.3 is 0 Å². The van der Waals surface area contributed by atoms with E-state index in [2.05, 4.69) is 29.3 Å². The Morgan fingerprint density at radius 3 is 1.82 bits per heavy atom. The molecule has 5 aromatic rings. The smallest absolute Gasteiger partial charge is 0.211 e. The Kier molecular flexibility index (Phi) is 5.89. The van der Waals surface area contributed by atoms with Gasteiger partial charge in [0.15, 0.2) is 5.69 Å². The highest BCUT2D eigenvalue weighted by molar-refractivity contribution is 5.95. The lowest BCUT2D eigenvalue weighted by atomic mass is 9.99. The van der Waals surface area contributed by atoms with Gasteiger partial charge in [-0.15, -0.1) is 0 Å². The second kappa shape index (κ2) is 11.3. The molecule has 3 aromatic carbocycles. The van der Waals surface area contributed by atoms with Crippen LogP contribution in [0.1, 0.15) is 33.3 Å². The lowest BCUT2D eigenvalue weighted by molar-refractivity contribution is 1.34. The van der Waals surface area contributed by atoms with E-state index in [4.69, 9.17) is 31.8 Å². The zero-order valence-electron chi connectivity index (χ0n) is 25.9. The van der Waals surface area contributed by atoms with Gasteiger partial charge in [-0.2, -0.15) is 21.0 Å². The van der Waals surface area contributed by atoms with E-state index < -0.39 is 57.9 Å². The summed E-state index contributed by atoms with van der Waals surface area (Å²) in [7, 11) is 0. The zero-order valence-corrected chi connectivity index (χ0v) is 21.9. The molecule has 5 rings (SSSR count). The predicted molar refractivity (Wildman–Crippen MR) is 159 cm³/mol. The summed E-state index contributed by atoms with van der Waals surface area (Å²) < 4.78 is 34.0. The molecule has 0 saturated carbocycles. The Bertz CT molecular complexity index is 2540. The van der Waals surface area contributed by atoms with Crippen molar-refractivity contribution in [3.05, 3.63) is 145 Å². The van der Waals surface area contributed by atoms with Crippen LogP contribution < -0.4 is 10.4 Å². The standard InChI is InChI=1S/C34H10N10/c1-39-31-12-22(8-23(13-35)28(31)16-38)33(41-3)26-7-21-11-29-20(10-30(21)44-18-26)6-25(17-43-29)27(15-37)19-5-24(14-36)34(42-4)32(9-19)40-2/h5-12,17-18H/b27-25-,33-26+/i5D,8D,9D,12D. The zero-order chi connectivity index (χ0) is 34.9. The fourth-order valence-electron chi connectivity index (χ4n) is 4.37. The molecule has 196 valence electrons. The van der Waals surface area contributed by atoms with Crippen molar-refractivity contribution in [3.63, 3.8) is 0 Å². The second-order valence-corrected chi connectivity index (χ2v) is 8.72. The van der Waals surface area contributed by atoms with Crippen LogP contribution in [0.3, 0.4) is 0 Å². The molecule has 0 amide bonds. The van der Waals surface area contributed by atoms with Gasteiger partial charge in [0.25, 0.3) is 0 Å². The third-order valence-corrected chi connectivity index (χ3v) is 6.36. The van der Waals surface area contributed by atoms with Crippen molar-refractivity contribution >= 4 is 50.1 Å². The quantitative estimate of drug-likeness (QED) is 0.195. The van der Waals surface area contributed by atoms with Gasteiger partial charge in [0, 0.05) is 36.7 Å². The molecule has 2 heterocycles. The molecule has 2 aromatic heterocycles. The van der Waals surface area contributed by atoms with Gasteiger partial charge < -0.3 is 0 Å². The topological polar surface area (TPSA) is 138 Å². The van der Waals surface area contributed by atoms with Crippen LogP contribution in [0.4, 0.5) is 17.1 Å². The lowest BCUT2D eigenvalue weighted by Crippen LogP contribution is -2.08. The molecule has 0 atom stereocenters. The first kappa shape index (κ1) is 22.9. The molecule has 0 aliphatic carbocycles. The maximum Gasteiger partial charge on any atom is 0.211 e. The fraction of sp³-hybridized carbons (Fsp3) is 0. The van der Waals surface area contributed by atoms with Crippen LogP contribution in [0.15, 0.2) is 60.8 Å². The SMILES string of the molecule is [2H]c1c(C#N)c(C#N)c([N+]#[C-])c([2H])c1/C([N+]#[C-])=c1\cnc2cc3c/c(=C(\C#N)c4c([2H])c(C#N)c([N+]#[C-])c([N+]#[C-])c4[2H])cnc3cc2c1. The van der Waals surface area contributed by atoms with Crippen molar-refractivity contribution < 1.29 is 5.48 Å². The van der Waals surface area contributed by atoms with Gasteiger partial charge in [0.1, 0.15) is 6.07 Å². The summed E-state index contributed by atoms with van der Waals surface area (Å²) in [6.45, 7) is 30.0. The molecule has 0 fully saturated rings. The Morgan fingerprint density at radius 2 is 1.27 bits per heavy atom. The molecule has 0 radical (unpaired) electrons. The average molecular weight is 563 g/mol. The highest BCUT2D eigenvalue weighted by Gasteiger charge is 2.16. The summed E-state index contributed by atoms with van der Waals surface area (Å²) in [6.07, 6.45) is 2.63. The fourth-order valence-corrected chi connectivity index (χ4v) is 4.37. The molecule has 0 N–H and O–H groups in total. The van der Waals surface area contributed by atoms with Gasteiger partial charge in [0.2, 0.25) is 17.1 Å². The number of aromatic nitrogens is 2. The number of benzene rings is 3. The second-order valence-electron chi connectivity index (χ2n) is 8.72. The lowest BCUT2D eigenvalue weighted by Gasteiger charge is -2.07. The molecule has 10 heteroatoms. The minimum atomic E-state index is -0.533. The average Bonchev–Trinajstić information content (AvgIpc) is 3.09. The number of nitrogens with zero attached hydrogens (tertiary/aromatic N) is 10. The van der Waals surface area contributed by atoms with Crippen LogP contribution >= 0.6 is 0 Å². The Labute approximate surface area is 255 Å². The summed E-state index contributed by atoms with van der Waals surface area (Å²) >= 11 is 0. The van der Waals surface area contributed by atoms with E-state index in [0.717, 1.165) is 0 Å². The number of fused-ring (bicyclic) bond motifs is 2. The summed E-state index contributed by atoms with van der Waals surface area (Å²) in [4.78, 5) is 21.9. The van der Waals surface area contributed by atoms with Crippen molar-refractivity contribution in [1.29, 1.82) is 21.0 Å². The Hall–Kier alpha value is -7.86. The normalized spacial score (nSPS) is 12.5. The van der Waals surface area contributed by atoms with Crippen LogP contribution in [-0.4, -0.2) is 9.97 Å². The third-order valence-electron chi connectivity index (χ3n) is 6.36.